The van der Waals surface area contributed by atoms with E-state index in [4.69, 9.17) is 4.74 Å². The van der Waals surface area contributed by atoms with Gasteiger partial charge in [0.25, 0.3) is 5.91 Å². The lowest BCUT2D eigenvalue weighted by Gasteiger charge is -2.27. The van der Waals surface area contributed by atoms with E-state index in [0.29, 0.717) is 25.3 Å². The predicted molar refractivity (Wildman–Crippen MR) is 75.9 cm³/mol. The van der Waals surface area contributed by atoms with Crippen molar-refractivity contribution in [1.29, 1.82) is 0 Å². The van der Waals surface area contributed by atoms with Crippen LogP contribution in [0.1, 0.15) is 45.4 Å². The largest absolute Gasteiger partial charge is 0.488 e. The van der Waals surface area contributed by atoms with Crippen molar-refractivity contribution in [3.63, 3.8) is 0 Å². The molecule has 0 spiro atoms. The van der Waals surface area contributed by atoms with Crippen LogP contribution in [0.15, 0.2) is 11.8 Å². The molecule has 1 N–H and O–H groups in total. The third-order valence-electron chi connectivity index (χ3n) is 3.94. The van der Waals surface area contributed by atoms with Crippen molar-refractivity contribution in [2.75, 3.05) is 19.7 Å². The highest BCUT2D eigenvalue weighted by atomic mass is 16.5. The van der Waals surface area contributed by atoms with Crippen LogP contribution in [0.3, 0.4) is 0 Å². The molecule has 1 fully saturated rings. The molecule has 0 bridgehead atoms. The van der Waals surface area contributed by atoms with Crippen LogP contribution in [0, 0.1) is 0 Å². The minimum Gasteiger partial charge on any atom is -0.488 e. The lowest BCUT2D eigenvalue weighted by atomic mass is 10.1. The Morgan fingerprint density at radius 2 is 2.35 bits per heavy atom. The second-order valence-electron chi connectivity index (χ2n) is 5.36. The predicted octanol–water partition coefficient (Wildman–Crippen LogP) is 1.59. The number of carbonyl (C=O) groups is 2. The molecule has 112 valence electrons. The molecule has 2 amide bonds. The Morgan fingerprint density at radius 3 is 2.95 bits per heavy atom. The zero-order valence-electron chi connectivity index (χ0n) is 12.2. The van der Waals surface area contributed by atoms with Crippen molar-refractivity contribution >= 4 is 11.8 Å². The van der Waals surface area contributed by atoms with Gasteiger partial charge in [0.1, 0.15) is 0 Å². The molecule has 2 rings (SSSR count). The van der Waals surface area contributed by atoms with E-state index in [1.807, 2.05) is 11.0 Å². The Labute approximate surface area is 120 Å². The summed E-state index contributed by atoms with van der Waals surface area (Å²) in [4.78, 5) is 25.6. The molecule has 20 heavy (non-hydrogen) atoms. The standard InChI is InChI=1S/C15H24N2O3/c1-2-12(17-10-5-7-14(17)18)8-9-16-15(19)13-6-3-4-11-20-13/h6,12H,2-5,7-11H2,1H3,(H,16,19)/t12-/m0/s1. The highest BCUT2D eigenvalue weighted by Gasteiger charge is 2.26. The van der Waals surface area contributed by atoms with Crippen molar-refractivity contribution in [2.45, 2.75) is 51.5 Å². The highest BCUT2D eigenvalue weighted by molar-refractivity contribution is 5.91. The minimum absolute atomic E-state index is 0.132. The average molecular weight is 280 g/mol. The van der Waals surface area contributed by atoms with Gasteiger partial charge in [-0.3, -0.25) is 9.59 Å². The summed E-state index contributed by atoms with van der Waals surface area (Å²) in [6.07, 6.45) is 7.10. The van der Waals surface area contributed by atoms with Crippen LogP contribution in [-0.4, -0.2) is 42.5 Å². The van der Waals surface area contributed by atoms with Crippen LogP contribution in [0.4, 0.5) is 0 Å². The molecule has 0 aliphatic carbocycles. The van der Waals surface area contributed by atoms with Gasteiger partial charge in [-0.15, -0.1) is 0 Å². The molecule has 1 saturated heterocycles. The first-order valence-corrected chi connectivity index (χ1v) is 7.63. The van der Waals surface area contributed by atoms with Gasteiger partial charge >= 0.3 is 0 Å². The van der Waals surface area contributed by atoms with E-state index in [9.17, 15) is 9.59 Å². The molecular formula is C15H24N2O3. The topological polar surface area (TPSA) is 58.6 Å². The van der Waals surface area contributed by atoms with E-state index in [2.05, 4.69) is 12.2 Å². The molecule has 2 aliphatic heterocycles. The number of nitrogens with zero attached hydrogens (tertiary/aromatic N) is 1. The first kappa shape index (κ1) is 14.9. The number of hydrogen-bond acceptors (Lipinski definition) is 3. The lowest BCUT2D eigenvalue weighted by molar-refractivity contribution is -0.129. The van der Waals surface area contributed by atoms with E-state index in [0.717, 1.165) is 38.6 Å². The third-order valence-corrected chi connectivity index (χ3v) is 3.94. The van der Waals surface area contributed by atoms with Crippen LogP contribution < -0.4 is 5.32 Å². The van der Waals surface area contributed by atoms with Crippen LogP contribution in [-0.2, 0) is 14.3 Å². The van der Waals surface area contributed by atoms with Crippen LogP contribution in [0.2, 0.25) is 0 Å². The fourth-order valence-electron chi connectivity index (χ4n) is 2.79. The van der Waals surface area contributed by atoms with Crippen molar-refractivity contribution in [3.8, 4) is 0 Å². The van der Waals surface area contributed by atoms with Crippen LogP contribution in [0.5, 0.6) is 0 Å². The summed E-state index contributed by atoms with van der Waals surface area (Å²) in [5.74, 6) is 0.565. The van der Waals surface area contributed by atoms with Gasteiger partial charge in [0.15, 0.2) is 5.76 Å². The molecule has 1 atom stereocenters. The molecule has 0 radical (unpaired) electrons. The molecule has 0 unspecified atom stereocenters. The number of amides is 2. The van der Waals surface area contributed by atoms with E-state index < -0.39 is 0 Å². The fraction of sp³-hybridized carbons (Fsp3) is 0.733. The quantitative estimate of drug-likeness (QED) is 0.804. The molecule has 0 aromatic heterocycles. The molecule has 5 nitrogen and oxygen atoms in total. The Bertz CT molecular complexity index is 393. The molecule has 2 heterocycles. The maximum absolute atomic E-state index is 11.9. The number of carbonyl (C=O) groups excluding carboxylic acids is 2. The van der Waals surface area contributed by atoms with Crippen LogP contribution >= 0.6 is 0 Å². The summed E-state index contributed by atoms with van der Waals surface area (Å²) < 4.78 is 5.32. The van der Waals surface area contributed by atoms with Crippen molar-refractivity contribution in [1.82, 2.24) is 10.2 Å². The maximum atomic E-state index is 11.9. The Kier molecular flexibility index (Phi) is 5.44. The first-order valence-electron chi connectivity index (χ1n) is 7.63. The SMILES string of the molecule is CC[C@@H](CCNC(=O)C1=CCCCO1)N1CCCC1=O. The van der Waals surface area contributed by atoms with Crippen LogP contribution in [0.25, 0.3) is 0 Å². The van der Waals surface area contributed by atoms with E-state index in [-0.39, 0.29) is 17.9 Å². The zero-order chi connectivity index (χ0) is 14.4. The smallest absolute Gasteiger partial charge is 0.286 e. The van der Waals surface area contributed by atoms with Gasteiger partial charge in [-0.05, 0) is 38.2 Å². The van der Waals surface area contributed by atoms with E-state index >= 15 is 0 Å². The number of likely N-dealkylation sites (tertiary alicyclic amines) is 1. The summed E-state index contributed by atoms with van der Waals surface area (Å²) in [5.41, 5.74) is 0. The van der Waals surface area contributed by atoms with Gasteiger partial charge in [-0.2, -0.15) is 0 Å². The maximum Gasteiger partial charge on any atom is 0.286 e. The van der Waals surface area contributed by atoms with Gasteiger partial charge in [-0.25, -0.2) is 0 Å². The normalized spacial score (nSPS) is 20.4. The summed E-state index contributed by atoms with van der Waals surface area (Å²) in [6.45, 7) is 4.16. The second-order valence-corrected chi connectivity index (χ2v) is 5.36. The minimum atomic E-state index is -0.132. The van der Waals surface area contributed by atoms with E-state index in [1.165, 1.54) is 0 Å². The molecule has 0 saturated carbocycles. The highest BCUT2D eigenvalue weighted by Crippen LogP contribution is 2.17. The Morgan fingerprint density at radius 1 is 1.50 bits per heavy atom. The second kappa shape index (κ2) is 7.31. The van der Waals surface area contributed by atoms with Gasteiger partial charge < -0.3 is 15.0 Å². The van der Waals surface area contributed by atoms with Gasteiger partial charge in [0.05, 0.1) is 6.61 Å². The summed E-state index contributed by atoms with van der Waals surface area (Å²) >= 11 is 0. The van der Waals surface area contributed by atoms with E-state index in [1.54, 1.807) is 0 Å². The fourth-order valence-corrected chi connectivity index (χ4v) is 2.79. The number of nitrogens with one attached hydrogen (secondary N) is 1. The summed E-state index contributed by atoms with van der Waals surface area (Å²) in [6, 6.07) is 0.242. The Balaban J connectivity index is 1.74. The number of allylic oxidation sites excluding steroid dienone is 1. The van der Waals surface area contributed by atoms with Crippen molar-refractivity contribution in [2.24, 2.45) is 0 Å². The molecular weight excluding hydrogens is 256 g/mol. The molecule has 2 aliphatic rings. The Hall–Kier alpha value is -1.52. The summed E-state index contributed by atoms with van der Waals surface area (Å²) in [7, 11) is 0. The van der Waals surface area contributed by atoms with Gasteiger partial charge in [0.2, 0.25) is 5.91 Å². The third kappa shape index (κ3) is 3.74. The number of hydrogen-bond donors (Lipinski definition) is 1. The van der Waals surface area contributed by atoms with Gasteiger partial charge in [-0.1, -0.05) is 6.92 Å². The average Bonchev–Trinajstić information content (AvgIpc) is 2.90. The van der Waals surface area contributed by atoms with Crippen molar-refractivity contribution < 1.29 is 14.3 Å². The molecule has 5 heteroatoms. The monoisotopic (exact) mass is 280 g/mol. The number of rotatable bonds is 6. The molecule has 0 aromatic rings. The van der Waals surface area contributed by atoms with Crippen molar-refractivity contribution in [3.05, 3.63) is 11.8 Å². The molecule has 0 aromatic carbocycles. The zero-order valence-corrected chi connectivity index (χ0v) is 12.2. The number of ether oxygens (including phenoxy) is 1. The summed E-state index contributed by atoms with van der Waals surface area (Å²) in [5, 5.41) is 2.89. The first-order chi connectivity index (χ1) is 9.72. The van der Waals surface area contributed by atoms with Gasteiger partial charge in [0, 0.05) is 25.6 Å². The lowest BCUT2D eigenvalue weighted by Crippen LogP contribution is -2.39.